The number of nitrogens with one attached hydrogen (secondary N) is 1. The summed E-state index contributed by atoms with van der Waals surface area (Å²) in [5.74, 6) is 2.36. The zero-order valence-corrected chi connectivity index (χ0v) is 22.2. The number of thiol groups is 1. The van der Waals surface area contributed by atoms with Crippen LogP contribution < -0.4 is 24.8 Å². The minimum absolute atomic E-state index is 0.0514. The first-order valence-electron chi connectivity index (χ1n) is 11.9. The number of hydrogen-bond donors (Lipinski definition) is 3. The molecule has 5 rings (SSSR count). The SMILES string of the molecule is CCCS.COc1cc(O)ccc1-c1ccc2c3c1CN(c1ccccc1OC)N3C(=O)C(C)(C)N2. The lowest BCUT2D eigenvalue weighted by Crippen LogP contribution is -2.57. The van der Waals surface area contributed by atoms with Gasteiger partial charge in [-0.05, 0) is 61.9 Å². The Balaban J connectivity index is 0.000000709. The van der Waals surface area contributed by atoms with Gasteiger partial charge in [0, 0.05) is 17.2 Å². The van der Waals surface area contributed by atoms with E-state index < -0.39 is 5.54 Å². The first kappa shape index (κ1) is 25.6. The molecule has 190 valence electrons. The zero-order chi connectivity index (χ0) is 26.0. The third-order valence-corrected chi connectivity index (χ3v) is 6.73. The summed E-state index contributed by atoms with van der Waals surface area (Å²) in [7, 11) is 3.21. The fraction of sp³-hybridized carbons (Fsp3) is 0.321. The van der Waals surface area contributed by atoms with E-state index in [9.17, 15) is 9.90 Å². The van der Waals surface area contributed by atoms with E-state index in [1.165, 1.54) is 6.42 Å². The molecule has 2 heterocycles. The van der Waals surface area contributed by atoms with E-state index in [1.54, 1.807) is 31.4 Å². The van der Waals surface area contributed by atoms with E-state index in [2.05, 4.69) is 24.9 Å². The Kier molecular flexibility index (Phi) is 7.26. The van der Waals surface area contributed by atoms with Crippen LogP contribution >= 0.6 is 12.6 Å². The second kappa shape index (κ2) is 10.2. The second-order valence-corrected chi connectivity index (χ2v) is 9.64. The third-order valence-electron chi connectivity index (χ3n) is 6.28. The number of carbonyl (C=O) groups excluding carboxylic acids is 1. The quantitative estimate of drug-likeness (QED) is 0.375. The summed E-state index contributed by atoms with van der Waals surface area (Å²) >= 11 is 3.92. The molecule has 0 bridgehead atoms. The van der Waals surface area contributed by atoms with Gasteiger partial charge in [-0.25, -0.2) is 5.01 Å². The van der Waals surface area contributed by atoms with Gasteiger partial charge in [0.15, 0.2) is 0 Å². The molecule has 36 heavy (non-hydrogen) atoms. The molecule has 0 aromatic heterocycles. The van der Waals surface area contributed by atoms with Gasteiger partial charge in [0.1, 0.15) is 28.5 Å². The lowest BCUT2D eigenvalue weighted by atomic mass is 9.93. The number of hydrogen-bond acceptors (Lipinski definition) is 7. The van der Waals surface area contributed by atoms with E-state index >= 15 is 0 Å². The maximum absolute atomic E-state index is 13.6. The van der Waals surface area contributed by atoms with Crippen molar-refractivity contribution < 1.29 is 19.4 Å². The number of ether oxygens (including phenoxy) is 2. The van der Waals surface area contributed by atoms with Crippen molar-refractivity contribution in [3.8, 4) is 28.4 Å². The number of para-hydroxylation sites is 2. The summed E-state index contributed by atoms with van der Waals surface area (Å²) in [6.45, 7) is 6.35. The number of methoxy groups -OCH3 is 2. The molecule has 0 fully saturated rings. The molecular weight excluding hydrogens is 474 g/mol. The van der Waals surface area contributed by atoms with Crippen molar-refractivity contribution in [3.63, 3.8) is 0 Å². The fourth-order valence-electron chi connectivity index (χ4n) is 4.54. The maximum Gasteiger partial charge on any atom is 0.270 e. The van der Waals surface area contributed by atoms with Crippen molar-refractivity contribution in [2.24, 2.45) is 0 Å². The van der Waals surface area contributed by atoms with Gasteiger partial charge in [0.25, 0.3) is 5.91 Å². The van der Waals surface area contributed by atoms with Gasteiger partial charge in [0.05, 0.1) is 32.1 Å². The minimum Gasteiger partial charge on any atom is -0.508 e. The molecule has 0 aliphatic carbocycles. The van der Waals surface area contributed by atoms with Crippen LogP contribution in [0.5, 0.6) is 17.2 Å². The summed E-state index contributed by atoms with van der Waals surface area (Å²) in [4.78, 5) is 13.6. The number of amides is 1. The molecule has 3 aromatic carbocycles. The fourth-order valence-corrected chi connectivity index (χ4v) is 4.54. The van der Waals surface area contributed by atoms with E-state index in [1.807, 2.05) is 61.3 Å². The molecule has 0 radical (unpaired) electrons. The van der Waals surface area contributed by atoms with Gasteiger partial charge in [-0.2, -0.15) is 12.6 Å². The minimum atomic E-state index is -0.771. The van der Waals surface area contributed by atoms with E-state index in [0.717, 1.165) is 39.5 Å². The Labute approximate surface area is 218 Å². The van der Waals surface area contributed by atoms with Gasteiger partial charge in [-0.3, -0.25) is 9.80 Å². The largest absolute Gasteiger partial charge is 0.508 e. The molecule has 8 heteroatoms. The Morgan fingerprint density at radius 3 is 2.36 bits per heavy atom. The van der Waals surface area contributed by atoms with E-state index in [-0.39, 0.29) is 11.7 Å². The summed E-state index contributed by atoms with van der Waals surface area (Å²) in [5.41, 5.74) is 4.54. The molecule has 2 N–H and O–H groups in total. The average Bonchev–Trinajstić information content (AvgIpc) is 3.29. The number of aromatic hydroxyl groups is 1. The zero-order valence-electron chi connectivity index (χ0n) is 21.3. The van der Waals surface area contributed by atoms with Crippen molar-refractivity contribution in [1.29, 1.82) is 0 Å². The van der Waals surface area contributed by atoms with Gasteiger partial charge in [-0.15, -0.1) is 0 Å². The molecule has 0 saturated heterocycles. The predicted octanol–water partition coefficient (Wildman–Crippen LogP) is 5.87. The van der Waals surface area contributed by atoms with Crippen molar-refractivity contribution in [2.75, 3.05) is 35.3 Å². The number of anilines is 3. The molecule has 0 atom stereocenters. The first-order valence-corrected chi connectivity index (χ1v) is 12.6. The number of rotatable bonds is 5. The lowest BCUT2D eigenvalue weighted by Gasteiger charge is -2.41. The number of nitrogens with zero attached hydrogens (tertiary/aromatic N) is 2. The van der Waals surface area contributed by atoms with Crippen LogP contribution in [0.4, 0.5) is 17.1 Å². The van der Waals surface area contributed by atoms with Gasteiger partial charge in [-0.1, -0.05) is 25.1 Å². The highest BCUT2D eigenvalue weighted by molar-refractivity contribution is 7.80. The van der Waals surface area contributed by atoms with Crippen molar-refractivity contribution >= 4 is 35.6 Å². The monoisotopic (exact) mass is 507 g/mol. The van der Waals surface area contributed by atoms with Crippen LogP contribution in [0.1, 0.15) is 32.8 Å². The molecular formula is C28H33N3O4S. The van der Waals surface area contributed by atoms with Crippen LogP contribution in [0, 0.1) is 0 Å². The van der Waals surface area contributed by atoms with Gasteiger partial charge < -0.3 is 19.9 Å². The Morgan fingerprint density at radius 1 is 1.03 bits per heavy atom. The number of phenolic OH excluding ortho intramolecular Hbond substituents is 1. The third kappa shape index (κ3) is 4.41. The Bertz CT molecular complexity index is 1280. The van der Waals surface area contributed by atoms with Crippen molar-refractivity contribution in [3.05, 3.63) is 60.2 Å². The molecule has 0 saturated carbocycles. The summed E-state index contributed by atoms with van der Waals surface area (Å²) < 4.78 is 11.2. The van der Waals surface area contributed by atoms with Crippen molar-refractivity contribution in [2.45, 2.75) is 39.3 Å². The van der Waals surface area contributed by atoms with Crippen LogP contribution in [0.3, 0.4) is 0 Å². The van der Waals surface area contributed by atoms with E-state index in [0.29, 0.717) is 18.0 Å². The highest BCUT2D eigenvalue weighted by Gasteiger charge is 2.47. The Hall–Kier alpha value is -3.52. The molecule has 2 aliphatic rings. The maximum atomic E-state index is 13.6. The molecule has 2 aliphatic heterocycles. The molecule has 0 spiro atoms. The normalized spacial score (nSPS) is 15.0. The number of phenols is 1. The average molecular weight is 508 g/mol. The van der Waals surface area contributed by atoms with Gasteiger partial charge in [0.2, 0.25) is 0 Å². The molecule has 7 nitrogen and oxygen atoms in total. The van der Waals surface area contributed by atoms with Crippen molar-refractivity contribution in [1.82, 2.24) is 0 Å². The molecule has 0 unspecified atom stereocenters. The summed E-state index contributed by atoms with van der Waals surface area (Å²) in [6.07, 6.45) is 1.18. The topological polar surface area (TPSA) is 74.3 Å². The van der Waals surface area contributed by atoms with Crippen LogP contribution in [0.2, 0.25) is 0 Å². The number of benzene rings is 3. The first-order chi connectivity index (χ1) is 17.3. The Morgan fingerprint density at radius 2 is 1.69 bits per heavy atom. The predicted molar refractivity (Wildman–Crippen MR) is 149 cm³/mol. The summed E-state index contributed by atoms with van der Waals surface area (Å²) in [5, 5.41) is 17.0. The van der Waals surface area contributed by atoms with Crippen LogP contribution in [0.15, 0.2) is 54.6 Å². The lowest BCUT2D eigenvalue weighted by molar-refractivity contribution is -0.122. The van der Waals surface area contributed by atoms with Gasteiger partial charge >= 0.3 is 0 Å². The van der Waals surface area contributed by atoms with Crippen LogP contribution in [-0.2, 0) is 11.3 Å². The number of hydrazine groups is 1. The molecule has 3 aromatic rings. The second-order valence-electron chi connectivity index (χ2n) is 9.19. The standard InChI is InChI=1S/C25H25N3O4.C3H8S/c1-25(2)24(30)28-23-18(14-27(28)20-7-5-6-8-21(20)31-3)16(11-12-19(23)26-25)17-10-9-15(29)13-22(17)32-4;1-2-3-4/h5-13,26,29H,14H2,1-4H3;4H,2-3H2,1H3. The highest BCUT2D eigenvalue weighted by atomic mass is 32.1. The number of carbonyl (C=O) groups is 1. The van der Waals surface area contributed by atoms with E-state index in [4.69, 9.17) is 9.47 Å². The molecule has 1 amide bonds. The smallest absolute Gasteiger partial charge is 0.270 e. The summed E-state index contributed by atoms with van der Waals surface area (Å²) in [6, 6.07) is 16.8. The van der Waals surface area contributed by atoms with Crippen LogP contribution in [0.25, 0.3) is 11.1 Å². The van der Waals surface area contributed by atoms with Crippen LogP contribution in [-0.4, -0.2) is 36.5 Å². The highest BCUT2D eigenvalue weighted by Crippen LogP contribution is 2.51.